The van der Waals surface area contributed by atoms with Crippen molar-refractivity contribution in [3.05, 3.63) is 83.8 Å². The van der Waals surface area contributed by atoms with Crippen LogP contribution in [0.2, 0.25) is 0 Å². The van der Waals surface area contributed by atoms with E-state index in [0.29, 0.717) is 12.5 Å². The molecule has 0 N–H and O–H groups in total. The van der Waals surface area contributed by atoms with Gasteiger partial charge in [-0.1, -0.05) is 81.8 Å². The first-order valence-corrected chi connectivity index (χ1v) is 20.2. The van der Waals surface area contributed by atoms with E-state index in [-0.39, 0.29) is 70.8 Å². The number of benzene rings is 1. The first-order valence-electron chi connectivity index (χ1n) is 20.2. The number of aromatic nitrogens is 3. The molecule has 3 fully saturated rings. The number of hydrogen-bond donors (Lipinski definition) is 0. The highest BCUT2D eigenvalue weighted by atomic mass is 16.5. The molecule has 2 aromatic heterocycles. The number of hydrogen-bond acceptors (Lipinski definition) is 8. The molecule has 8 atom stereocenters. The third-order valence-corrected chi connectivity index (χ3v) is 15.9. The van der Waals surface area contributed by atoms with Gasteiger partial charge in [0.25, 0.3) is 0 Å². The van der Waals surface area contributed by atoms with Gasteiger partial charge in [-0.2, -0.15) is 0 Å². The SMILES string of the molecule is CC1(C)CC[C@]2(C(=O)OCc3ccccc3)CC[C@]3(C)C(=CC[C@@H]4[C@@]5(C)Cc6cnoc6[C@@](C)(COC(=O)CCC(=O)n6ccnc6)[C@@H]5CC[C@]43C)[C@@H]2C1. The molecule has 5 aliphatic carbocycles. The van der Waals surface area contributed by atoms with Crippen LogP contribution in [0.5, 0.6) is 0 Å². The predicted molar refractivity (Wildman–Crippen MR) is 203 cm³/mol. The number of esters is 2. The highest BCUT2D eigenvalue weighted by Crippen LogP contribution is 2.75. The van der Waals surface area contributed by atoms with E-state index in [2.05, 4.69) is 57.8 Å². The summed E-state index contributed by atoms with van der Waals surface area (Å²) in [5.74, 6) is 0.970. The maximum Gasteiger partial charge on any atom is 0.313 e. The van der Waals surface area contributed by atoms with Gasteiger partial charge in [-0.05, 0) is 110 Å². The molecule has 9 nitrogen and oxygen atoms in total. The number of carbonyl (C=O) groups is 3. The normalized spacial score (nSPS) is 36.3. The molecule has 288 valence electrons. The van der Waals surface area contributed by atoms with E-state index in [0.717, 1.165) is 74.7 Å². The van der Waals surface area contributed by atoms with E-state index in [1.54, 1.807) is 12.4 Å². The monoisotopic (exact) mass is 735 g/mol. The Bertz CT molecular complexity index is 1950. The van der Waals surface area contributed by atoms with Gasteiger partial charge in [0.2, 0.25) is 5.91 Å². The van der Waals surface area contributed by atoms with Crippen molar-refractivity contribution in [2.24, 2.45) is 44.8 Å². The molecular formula is C45H57N3O6. The molecule has 9 heteroatoms. The van der Waals surface area contributed by atoms with Crippen molar-refractivity contribution >= 4 is 17.8 Å². The van der Waals surface area contributed by atoms with E-state index in [1.807, 2.05) is 36.5 Å². The number of carbonyl (C=O) groups excluding carboxylic acids is 3. The number of imidazole rings is 1. The molecule has 0 amide bonds. The topological polar surface area (TPSA) is 114 Å². The van der Waals surface area contributed by atoms with Crippen LogP contribution >= 0.6 is 0 Å². The van der Waals surface area contributed by atoms with Gasteiger partial charge >= 0.3 is 11.9 Å². The molecule has 8 rings (SSSR count). The fourth-order valence-corrected chi connectivity index (χ4v) is 12.8. The number of allylic oxidation sites excluding steroid dienone is 2. The Balaban J connectivity index is 1.07. The lowest BCUT2D eigenvalue weighted by atomic mass is 9.33. The minimum absolute atomic E-state index is 0.00393. The number of ether oxygens (including phenoxy) is 2. The molecule has 54 heavy (non-hydrogen) atoms. The smallest absolute Gasteiger partial charge is 0.313 e. The second-order valence-electron chi connectivity index (χ2n) is 19.2. The molecule has 0 aliphatic heterocycles. The zero-order valence-corrected chi connectivity index (χ0v) is 33.0. The van der Waals surface area contributed by atoms with Crippen molar-refractivity contribution < 1.29 is 28.4 Å². The summed E-state index contributed by atoms with van der Waals surface area (Å²) in [5.41, 5.74) is 2.55. The molecule has 0 saturated heterocycles. The van der Waals surface area contributed by atoms with Gasteiger partial charge in [0.1, 0.15) is 25.3 Å². The fraction of sp³-hybridized carbons (Fsp3) is 0.622. The lowest BCUT2D eigenvalue weighted by Gasteiger charge is -2.70. The molecule has 1 aromatic carbocycles. The zero-order valence-electron chi connectivity index (χ0n) is 33.0. The largest absolute Gasteiger partial charge is 0.465 e. The van der Waals surface area contributed by atoms with Crippen LogP contribution in [0.3, 0.4) is 0 Å². The lowest BCUT2D eigenvalue weighted by Crippen LogP contribution is -2.65. The predicted octanol–water partition coefficient (Wildman–Crippen LogP) is 9.07. The standard InChI is InChI=1S/C45H57N3O6/c1-40(2)18-20-45(39(51)52-27-30-10-8-7-9-11-30)21-19-43(5)32(33(45)25-40)12-13-35-41(3)24-31-26-47-54-38(31)42(4,34(41)16-17-44(35,43)6)28-53-37(50)15-14-36(49)48-23-22-46-29-48/h7-12,22-23,26,29,33-35H,13-21,24-25,27-28H2,1-6H3/t33-,34+,35+,41-,42-,43+,44+,45-/m0/s1. The van der Waals surface area contributed by atoms with Crippen LogP contribution in [0.25, 0.3) is 0 Å². The maximum absolute atomic E-state index is 14.4. The third-order valence-electron chi connectivity index (χ3n) is 15.9. The quantitative estimate of drug-likeness (QED) is 0.166. The molecule has 3 aromatic rings. The van der Waals surface area contributed by atoms with Gasteiger partial charge in [-0.15, -0.1) is 0 Å². The Morgan fingerprint density at radius 3 is 2.46 bits per heavy atom. The second-order valence-corrected chi connectivity index (χ2v) is 19.2. The van der Waals surface area contributed by atoms with Crippen LogP contribution in [0, 0.1) is 44.8 Å². The highest BCUT2D eigenvalue weighted by Gasteiger charge is 2.70. The van der Waals surface area contributed by atoms with Crippen molar-refractivity contribution in [1.82, 2.24) is 14.7 Å². The van der Waals surface area contributed by atoms with E-state index in [9.17, 15) is 14.4 Å². The number of fused-ring (bicyclic) bond motifs is 8. The van der Waals surface area contributed by atoms with E-state index < -0.39 is 10.8 Å². The van der Waals surface area contributed by atoms with Crippen LogP contribution in [0.15, 0.2) is 71.4 Å². The van der Waals surface area contributed by atoms with Gasteiger partial charge in [-0.3, -0.25) is 19.0 Å². The minimum atomic E-state index is -0.563. The summed E-state index contributed by atoms with van der Waals surface area (Å²) in [4.78, 5) is 44.0. The average Bonchev–Trinajstić information content (AvgIpc) is 3.86. The Labute approximate surface area is 319 Å². The number of nitrogens with zero attached hydrogens (tertiary/aromatic N) is 3. The Morgan fingerprint density at radius 1 is 0.926 bits per heavy atom. The van der Waals surface area contributed by atoms with Gasteiger partial charge in [0.05, 0.1) is 23.4 Å². The molecule has 0 spiro atoms. The first-order chi connectivity index (χ1) is 25.7. The summed E-state index contributed by atoms with van der Waals surface area (Å²) < 4.78 is 19.7. The Hall–Kier alpha value is -4.01. The maximum atomic E-state index is 14.4. The zero-order chi connectivity index (χ0) is 38.1. The van der Waals surface area contributed by atoms with Gasteiger partial charge in [-0.25, -0.2) is 4.98 Å². The third kappa shape index (κ3) is 5.65. The van der Waals surface area contributed by atoms with Crippen molar-refractivity contribution in [3.8, 4) is 0 Å². The summed E-state index contributed by atoms with van der Waals surface area (Å²) >= 11 is 0. The summed E-state index contributed by atoms with van der Waals surface area (Å²) in [5, 5.41) is 4.30. The molecule has 5 aliphatic rings. The molecule has 0 bridgehead atoms. The van der Waals surface area contributed by atoms with Crippen molar-refractivity contribution in [2.75, 3.05) is 6.61 Å². The summed E-state index contributed by atoms with van der Waals surface area (Å²) in [6.07, 6.45) is 17.6. The van der Waals surface area contributed by atoms with Crippen LogP contribution < -0.4 is 0 Å². The second kappa shape index (κ2) is 13.0. The van der Waals surface area contributed by atoms with Gasteiger partial charge < -0.3 is 14.0 Å². The van der Waals surface area contributed by atoms with Gasteiger partial charge in [0.15, 0.2) is 0 Å². The Kier molecular flexibility index (Phi) is 8.93. The van der Waals surface area contributed by atoms with Crippen LogP contribution in [0.4, 0.5) is 0 Å². The van der Waals surface area contributed by atoms with E-state index >= 15 is 0 Å². The van der Waals surface area contributed by atoms with Crippen LogP contribution in [0.1, 0.15) is 127 Å². The highest BCUT2D eigenvalue weighted by molar-refractivity contribution is 5.83. The summed E-state index contributed by atoms with van der Waals surface area (Å²) in [6, 6.07) is 10.0. The molecule has 3 saturated carbocycles. The van der Waals surface area contributed by atoms with E-state index in [4.69, 9.17) is 14.0 Å². The van der Waals surface area contributed by atoms with Crippen molar-refractivity contribution in [3.63, 3.8) is 0 Å². The van der Waals surface area contributed by atoms with E-state index in [1.165, 1.54) is 16.5 Å². The Morgan fingerprint density at radius 2 is 1.70 bits per heavy atom. The molecule has 2 heterocycles. The van der Waals surface area contributed by atoms with Crippen LogP contribution in [-0.4, -0.2) is 39.2 Å². The molecule has 0 radical (unpaired) electrons. The molecular weight excluding hydrogens is 679 g/mol. The van der Waals surface area contributed by atoms with Crippen molar-refractivity contribution in [2.45, 2.75) is 124 Å². The van der Waals surface area contributed by atoms with Gasteiger partial charge in [0, 0.05) is 24.4 Å². The lowest BCUT2D eigenvalue weighted by molar-refractivity contribution is -0.185. The molecule has 0 unspecified atom stereocenters. The first kappa shape index (κ1) is 36.9. The fourth-order valence-electron chi connectivity index (χ4n) is 12.8. The van der Waals surface area contributed by atoms with Crippen molar-refractivity contribution in [1.29, 1.82) is 0 Å². The summed E-state index contributed by atoms with van der Waals surface area (Å²) in [6.45, 7) is 15.0. The average molecular weight is 736 g/mol. The minimum Gasteiger partial charge on any atom is -0.465 e. The summed E-state index contributed by atoms with van der Waals surface area (Å²) in [7, 11) is 0. The van der Waals surface area contributed by atoms with Crippen LogP contribution in [-0.2, 0) is 37.5 Å². The number of rotatable bonds is 8.